The summed E-state index contributed by atoms with van der Waals surface area (Å²) < 4.78 is 21.2. The molecule has 0 radical (unpaired) electrons. The van der Waals surface area contributed by atoms with E-state index in [9.17, 15) is 4.79 Å². The van der Waals surface area contributed by atoms with Gasteiger partial charge in [-0.3, -0.25) is 9.78 Å². The Bertz CT molecular complexity index is 943. The van der Waals surface area contributed by atoms with Gasteiger partial charge in [-0.25, -0.2) is 4.39 Å². The molecule has 2 aromatic rings. The highest BCUT2D eigenvalue weighted by atomic mass is 19.1. The minimum Gasteiger partial charge on any atom is -0.372 e. The number of morpholine rings is 1. The number of ether oxygens (including phenoxy) is 1. The van der Waals surface area contributed by atoms with E-state index < -0.39 is 0 Å². The summed E-state index contributed by atoms with van der Waals surface area (Å²) in [6, 6.07) is 7.44. The number of aromatic nitrogens is 1. The van der Waals surface area contributed by atoms with E-state index in [4.69, 9.17) is 4.74 Å². The summed E-state index contributed by atoms with van der Waals surface area (Å²) in [4.78, 5) is 18.8. The largest absolute Gasteiger partial charge is 0.372 e. The van der Waals surface area contributed by atoms with Gasteiger partial charge in [-0.1, -0.05) is 0 Å². The number of anilines is 1. The molecule has 0 bridgehead atoms. The van der Waals surface area contributed by atoms with Gasteiger partial charge in [0.05, 0.1) is 17.9 Å². The van der Waals surface area contributed by atoms with Crippen molar-refractivity contribution in [2.24, 2.45) is 5.92 Å². The van der Waals surface area contributed by atoms with E-state index >= 15 is 4.39 Å². The maximum absolute atomic E-state index is 15.3. The molecule has 31 heavy (non-hydrogen) atoms. The van der Waals surface area contributed by atoms with Crippen LogP contribution in [0.25, 0.3) is 11.1 Å². The van der Waals surface area contributed by atoms with Crippen LogP contribution in [0.15, 0.2) is 24.3 Å². The maximum atomic E-state index is 15.3. The van der Waals surface area contributed by atoms with E-state index in [0.29, 0.717) is 37.7 Å². The fourth-order valence-electron chi connectivity index (χ4n) is 4.48. The SMILES string of the molecule is Cc1cc(-c2cc(F)c(N3C[C@@H](C)O[C@@H](C)C3)cc2CNC(=O)CC2CC2)cc(C)n1. The van der Waals surface area contributed by atoms with Crippen LogP contribution in [0.3, 0.4) is 0 Å². The zero-order valence-electron chi connectivity index (χ0n) is 18.9. The number of hydrogen-bond donors (Lipinski definition) is 1. The Morgan fingerprint density at radius 2 is 1.77 bits per heavy atom. The number of halogens is 1. The van der Waals surface area contributed by atoms with Crippen LogP contribution in [-0.2, 0) is 16.1 Å². The van der Waals surface area contributed by atoms with Crippen molar-refractivity contribution >= 4 is 11.6 Å². The van der Waals surface area contributed by atoms with Crippen molar-refractivity contribution in [3.63, 3.8) is 0 Å². The molecule has 4 rings (SSSR count). The van der Waals surface area contributed by atoms with Crippen LogP contribution in [-0.4, -0.2) is 36.2 Å². The lowest BCUT2D eigenvalue weighted by Gasteiger charge is -2.37. The first-order chi connectivity index (χ1) is 14.8. The number of rotatable bonds is 6. The molecule has 0 spiro atoms. The molecule has 1 saturated heterocycles. The van der Waals surface area contributed by atoms with Gasteiger partial charge in [0.2, 0.25) is 5.91 Å². The van der Waals surface area contributed by atoms with Crippen molar-refractivity contribution in [1.29, 1.82) is 0 Å². The summed E-state index contributed by atoms with van der Waals surface area (Å²) in [5, 5.41) is 3.06. The third kappa shape index (κ3) is 5.42. The molecular formula is C25H32FN3O2. The molecule has 2 fully saturated rings. The molecule has 2 aliphatic rings. The highest BCUT2D eigenvalue weighted by molar-refractivity contribution is 5.77. The summed E-state index contributed by atoms with van der Waals surface area (Å²) in [6.45, 7) is 9.56. The maximum Gasteiger partial charge on any atom is 0.220 e. The number of pyridine rings is 1. The number of nitrogens with one attached hydrogen (secondary N) is 1. The quantitative estimate of drug-likeness (QED) is 0.739. The van der Waals surface area contributed by atoms with Crippen LogP contribution in [0.2, 0.25) is 0 Å². The Hall–Kier alpha value is -2.47. The molecule has 2 heterocycles. The van der Waals surface area contributed by atoms with Crippen molar-refractivity contribution in [2.45, 2.75) is 65.7 Å². The van der Waals surface area contributed by atoms with Crippen LogP contribution in [0, 0.1) is 25.6 Å². The van der Waals surface area contributed by atoms with Crippen molar-refractivity contribution in [1.82, 2.24) is 10.3 Å². The topological polar surface area (TPSA) is 54.5 Å². The van der Waals surface area contributed by atoms with Crippen molar-refractivity contribution in [2.75, 3.05) is 18.0 Å². The van der Waals surface area contributed by atoms with Crippen LogP contribution >= 0.6 is 0 Å². The number of amides is 1. The van der Waals surface area contributed by atoms with Gasteiger partial charge in [-0.2, -0.15) is 0 Å². The van der Waals surface area contributed by atoms with Gasteiger partial charge >= 0.3 is 0 Å². The molecule has 2 atom stereocenters. The lowest BCUT2D eigenvalue weighted by molar-refractivity contribution is -0.121. The first-order valence-corrected chi connectivity index (χ1v) is 11.2. The zero-order chi connectivity index (χ0) is 22.1. The number of nitrogens with zero attached hydrogens (tertiary/aromatic N) is 2. The first-order valence-electron chi connectivity index (χ1n) is 11.2. The minimum absolute atomic E-state index is 0.0371. The lowest BCUT2D eigenvalue weighted by atomic mass is 9.97. The number of carbonyl (C=O) groups is 1. The number of hydrogen-bond acceptors (Lipinski definition) is 4. The van der Waals surface area contributed by atoms with Crippen molar-refractivity contribution in [3.05, 3.63) is 47.0 Å². The summed E-state index contributed by atoms with van der Waals surface area (Å²) in [6.07, 6.45) is 2.94. The zero-order valence-corrected chi connectivity index (χ0v) is 18.9. The van der Waals surface area contributed by atoms with Gasteiger partial charge in [-0.05, 0) is 87.4 Å². The molecule has 0 unspecified atom stereocenters. The average Bonchev–Trinajstić information content (AvgIpc) is 3.49. The van der Waals surface area contributed by atoms with E-state index in [-0.39, 0.29) is 23.9 Å². The van der Waals surface area contributed by atoms with E-state index in [2.05, 4.69) is 15.2 Å². The van der Waals surface area contributed by atoms with Crippen LogP contribution in [0.1, 0.15) is 50.1 Å². The Morgan fingerprint density at radius 1 is 1.13 bits per heavy atom. The molecule has 1 aliphatic carbocycles. The summed E-state index contributed by atoms with van der Waals surface area (Å²) in [5.74, 6) is 0.344. The molecule has 1 saturated carbocycles. The van der Waals surface area contributed by atoms with Gasteiger partial charge in [0.15, 0.2) is 0 Å². The molecule has 5 nitrogen and oxygen atoms in total. The average molecular weight is 426 g/mol. The molecule has 1 amide bonds. The fourth-order valence-corrected chi connectivity index (χ4v) is 4.48. The summed E-state index contributed by atoms with van der Waals surface area (Å²) >= 11 is 0. The number of carbonyl (C=O) groups excluding carboxylic acids is 1. The summed E-state index contributed by atoms with van der Waals surface area (Å²) in [5.41, 5.74) is 4.98. The second-order valence-electron chi connectivity index (χ2n) is 9.19. The van der Waals surface area contributed by atoms with Crippen molar-refractivity contribution in [3.8, 4) is 11.1 Å². The molecular weight excluding hydrogens is 393 g/mol. The molecule has 1 aliphatic heterocycles. The molecule has 1 aromatic carbocycles. The Kier molecular flexibility index (Phi) is 6.28. The third-order valence-electron chi connectivity index (χ3n) is 5.97. The standard InChI is InChI=1S/C25H32FN3O2/c1-15-7-20(8-16(2)28-15)22-11-23(26)24(29-13-17(3)31-18(4)14-29)10-21(22)12-27-25(30)9-19-5-6-19/h7-8,10-11,17-19H,5-6,9,12-14H2,1-4H3,(H,27,30)/t17-,18+. The number of aryl methyl sites for hydroxylation is 2. The smallest absolute Gasteiger partial charge is 0.220 e. The lowest BCUT2D eigenvalue weighted by Crippen LogP contribution is -2.45. The van der Waals surface area contributed by atoms with E-state index in [1.54, 1.807) is 6.07 Å². The molecule has 166 valence electrons. The normalized spacial score (nSPS) is 21.3. The highest BCUT2D eigenvalue weighted by Crippen LogP contribution is 2.34. The number of benzene rings is 1. The van der Waals surface area contributed by atoms with Crippen LogP contribution in [0.5, 0.6) is 0 Å². The second kappa shape index (κ2) is 8.95. The Balaban J connectivity index is 1.68. The van der Waals surface area contributed by atoms with Gasteiger partial charge < -0.3 is 15.0 Å². The molecule has 1 aromatic heterocycles. The fraction of sp³-hybridized carbons (Fsp3) is 0.520. The van der Waals surface area contributed by atoms with Crippen LogP contribution in [0.4, 0.5) is 10.1 Å². The second-order valence-corrected chi connectivity index (χ2v) is 9.19. The van der Waals surface area contributed by atoms with E-state index in [0.717, 1.165) is 40.9 Å². The van der Waals surface area contributed by atoms with Gasteiger partial charge in [0, 0.05) is 37.4 Å². The minimum atomic E-state index is -0.253. The Morgan fingerprint density at radius 3 is 2.39 bits per heavy atom. The summed E-state index contributed by atoms with van der Waals surface area (Å²) in [7, 11) is 0. The van der Waals surface area contributed by atoms with Gasteiger partial charge in [0.1, 0.15) is 5.82 Å². The van der Waals surface area contributed by atoms with Gasteiger partial charge in [-0.15, -0.1) is 0 Å². The highest BCUT2D eigenvalue weighted by Gasteiger charge is 2.26. The predicted molar refractivity (Wildman–Crippen MR) is 121 cm³/mol. The van der Waals surface area contributed by atoms with Gasteiger partial charge in [0.25, 0.3) is 0 Å². The van der Waals surface area contributed by atoms with E-state index in [1.165, 1.54) is 0 Å². The molecule has 1 N–H and O–H groups in total. The van der Waals surface area contributed by atoms with E-state index in [1.807, 2.05) is 45.9 Å². The Labute approximate surface area is 184 Å². The first kappa shape index (κ1) is 21.8. The monoisotopic (exact) mass is 425 g/mol. The third-order valence-corrected chi connectivity index (χ3v) is 5.97. The predicted octanol–water partition coefficient (Wildman–Crippen LogP) is 4.53. The van der Waals surface area contributed by atoms with Crippen LogP contribution < -0.4 is 10.2 Å². The van der Waals surface area contributed by atoms with Crippen molar-refractivity contribution < 1.29 is 13.9 Å². The molecule has 6 heteroatoms.